The van der Waals surface area contributed by atoms with Crippen LogP contribution in [0.3, 0.4) is 0 Å². The van der Waals surface area contributed by atoms with Gasteiger partial charge in [-0.15, -0.1) is 0 Å². The summed E-state index contributed by atoms with van der Waals surface area (Å²) in [5.41, 5.74) is 1.20. The molecule has 0 aliphatic carbocycles. The van der Waals surface area contributed by atoms with Gasteiger partial charge in [-0.1, -0.05) is 0 Å². The molecular formula is C18H24N4O4. The van der Waals surface area contributed by atoms with E-state index < -0.39 is 0 Å². The van der Waals surface area contributed by atoms with Crippen molar-refractivity contribution in [1.82, 2.24) is 9.78 Å². The second-order valence-corrected chi connectivity index (χ2v) is 6.15. The van der Waals surface area contributed by atoms with Gasteiger partial charge in [-0.05, 0) is 30.9 Å². The van der Waals surface area contributed by atoms with E-state index in [-0.39, 0.29) is 6.03 Å². The van der Waals surface area contributed by atoms with E-state index in [1.54, 1.807) is 31.5 Å². The minimum atomic E-state index is -0.362. The average molecular weight is 360 g/mol. The highest BCUT2D eigenvalue weighted by Crippen LogP contribution is 2.29. The van der Waals surface area contributed by atoms with Gasteiger partial charge in [0.2, 0.25) is 0 Å². The third-order valence-corrected chi connectivity index (χ3v) is 4.33. The maximum absolute atomic E-state index is 12.2. The Bertz CT molecular complexity index is 741. The van der Waals surface area contributed by atoms with Crippen LogP contribution >= 0.6 is 0 Å². The molecule has 0 saturated carbocycles. The van der Waals surface area contributed by atoms with Crippen molar-refractivity contribution in [2.24, 2.45) is 5.92 Å². The fraction of sp³-hybridized carbons (Fsp3) is 0.444. The summed E-state index contributed by atoms with van der Waals surface area (Å²) in [6.07, 6.45) is 5.56. The number of anilines is 2. The van der Waals surface area contributed by atoms with E-state index >= 15 is 0 Å². The number of amides is 2. The SMILES string of the molecule is COc1ccc(NC(=O)Nc2cnn(CC3CCOCC3)c2)c(OC)c1. The van der Waals surface area contributed by atoms with Crippen molar-refractivity contribution >= 4 is 17.4 Å². The lowest BCUT2D eigenvalue weighted by molar-refractivity contribution is 0.0601. The molecular weight excluding hydrogens is 336 g/mol. The van der Waals surface area contributed by atoms with Crippen LogP contribution in [0.5, 0.6) is 11.5 Å². The van der Waals surface area contributed by atoms with Crippen LogP contribution < -0.4 is 20.1 Å². The maximum atomic E-state index is 12.2. The lowest BCUT2D eigenvalue weighted by Crippen LogP contribution is -2.21. The molecule has 1 aliphatic heterocycles. The van der Waals surface area contributed by atoms with Gasteiger partial charge in [-0.2, -0.15) is 5.10 Å². The van der Waals surface area contributed by atoms with Crippen molar-refractivity contribution in [3.63, 3.8) is 0 Å². The normalized spacial score (nSPS) is 14.7. The molecule has 1 aromatic heterocycles. The Morgan fingerprint density at radius 2 is 2.08 bits per heavy atom. The molecule has 1 saturated heterocycles. The molecule has 1 fully saturated rings. The molecule has 3 rings (SSSR count). The number of nitrogens with zero attached hydrogens (tertiary/aromatic N) is 2. The van der Waals surface area contributed by atoms with Crippen LogP contribution in [0.2, 0.25) is 0 Å². The first kappa shape index (κ1) is 18.1. The number of urea groups is 1. The first-order valence-electron chi connectivity index (χ1n) is 8.58. The summed E-state index contributed by atoms with van der Waals surface area (Å²) in [6, 6.07) is 4.83. The molecule has 0 radical (unpaired) electrons. The summed E-state index contributed by atoms with van der Waals surface area (Å²) >= 11 is 0. The summed E-state index contributed by atoms with van der Waals surface area (Å²) in [7, 11) is 3.12. The number of carbonyl (C=O) groups is 1. The van der Waals surface area contributed by atoms with Gasteiger partial charge in [-0.3, -0.25) is 4.68 Å². The maximum Gasteiger partial charge on any atom is 0.323 e. The average Bonchev–Trinajstić information content (AvgIpc) is 3.09. The van der Waals surface area contributed by atoms with E-state index in [4.69, 9.17) is 14.2 Å². The predicted octanol–water partition coefficient (Wildman–Crippen LogP) is 2.97. The van der Waals surface area contributed by atoms with Crippen molar-refractivity contribution in [1.29, 1.82) is 0 Å². The molecule has 1 aromatic carbocycles. The zero-order chi connectivity index (χ0) is 18.4. The number of aromatic nitrogens is 2. The van der Waals surface area contributed by atoms with Gasteiger partial charge >= 0.3 is 6.03 Å². The molecule has 0 unspecified atom stereocenters. The number of methoxy groups -OCH3 is 2. The van der Waals surface area contributed by atoms with Crippen molar-refractivity contribution in [3.8, 4) is 11.5 Å². The molecule has 1 aliphatic rings. The summed E-state index contributed by atoms with van der Waals surface area (Å²) in [4.78, 5) is 12.2. The van der Waals surface area contributed by atoms with E-state index in [1.165, 1.54) is 7.11 Å². The highest BCUT2D eigenvalue weighted by molar-refractivity contribution is 6.00. The fourth-order valence-corrected chi connectivity index (χ4v) is 2.91. The van der Waals surface area contributed by atoms with E-state index in [1.807, 2.05) is 10.9 Å². The van der Waals surface area contributed by atoms with Gasteiger partial charge < -0.3 is 24.8 Å². The number of hydrogen-bond acceptors (Lipinski definition) is 5. The van der Waals surface area contributed by atoms with Gasteiger partial charge in [-0.25, -0.2) is 4.79 Å². The van der Waals surface area contributed by atoms with Crippen LogP contribution in [-0.2, 0) is 11.3 Å². The van der Waals surface area contributed by atoms with Crippen LogP contribution in [0.4, 0.5) is 16.2 Å². The van der Waals surface area contributed by atoms with Crippen LogP contribution in [0.15, 0.2) is 30.6 Å². The van der Waals surface area contributed by atoms with Crippen molar-refractivity contribution < 1.29 is 19.0 Å². The molecule has 8 nitrogen and oxygen atoms in total. The molecule has 0 bridgehead atoms. The van der Waals surface area contributed by atoms with Crippen molar-refractivity contribution in [3.05, 3.63) is 30.6 Å². The Kier molecular flexibility index (Phi) is 5.96. The van der Waals surface area contributed by atoms with Crippen LogP contribution in [-0.4, -0.2) is 43.2 Å². The fourth-order valence-electron chi connectivity index (χ4n) is 2.91. The minimum absolute atomic E-state index is 0.362. The predicted molar refractivity (Wildman–Crippen MR) is 98.0 cm³/mol. The van der Waals surface area contributed by atoms with Gasteiger partial charge in [0.15, 0.2) is 0 Å². The Hall–Kier alpha value is -2.74. The second kappa shape index (κ2) is 8.57. The molecule has 2 heterocycles. The third-order valence-electron chi connectivity index (χ3n) is 4.33. The standard InChI is InChI=1S/C18H24N4O4/c1-24-15-3-4-16(17(9-15)25-2)21-18(23)20-14-10-19-22(12-14)11-13-5-7-26-8-6-13/h3-4,9-10,12-13H,5-8,11H2,1-2H3,(H2,20,21,23). The molecule has 140 valence electrons. The van der Waals surface area contributed by atoms with Gasteiger partial charge in [0.1, 0.15) is 11.5 Å². The van der Waals surface area contributed by atoms with Crippen LogP contribution in [0.25, 0.3) is 0 Å². The topological polar surface area (TPSA) is 86.6 Å². The number of ether oxygens (including phenoxy) is 3. The molecule has 0 atom stereocenters. The lowest BCUT2D eigenvalue weighted by atomic mass is 10.0. The number of carbonyl (C=O) groups excluding carboxylic acids is 1. The number of nitrogens with one attached hydrogen (secondary N) is 2. The lowest BCUT2D eigenvalue weighted by Gasteiger charge is -2.21. The minimum Gasteiger partial charge on any atom is -0.497 e. The Morgan fingerprint density at radius 3 is 2.81 bits per heavy atom. The second-order valence-electron chi connectivity index (χ2n) is 6.15. The van der Waals surface area contributed by atoms with Gasteiger partial charge in [0.25, 0.3) is 0 Å². The largest absolute Gasteiger partial charge is 0.497 e. The third kappa shape index (κ3) is 4.66. The molecule has 2 N–H and O–H groups in total. The molecule has 0 spiro atoms. The van der Waals surface area contributed by atoms with Gasteiger partial charge in [0.05, 0.1) is 31.8 Å². The van der Waals surface area contributed by atoms with Crippen LogP contribution in [0, 0.1) is 5.92 Å². The first-order chi connectivity index (χ1) is 12.7. The van der Waals surface area contributed by atoms with E-state index in [2.05, 4.69) is 15.7 Å². The van der Waals surface area contributed by atoms with Gasteiger partial charge in [0, 0.05) is 32.0 Å². The number of hydrogen-bond donors (Lipinski definition) is 2. The molecule has 2 aromatic rings. The summed E-state index contributed by atoms with van der Waals surface area (Å²) in [6.45, 7) is 2.45. The molecule has 26 heavy (non-hydrogen) atoms. The first-order valence-corrected chi connectivity index (χ1v) is 8.58. The quantitative estimate of drug-likeness (QED) is 0.827. The van der Waals surface area contributed by atoms with Crippen LogP contribution in [0.1, 0.15) is 12.8 Å². The number of benzene rings is 1. The Balaban J connectivity index is 1.56. The zero-order valence-corrected chi connectivity index (χ0v) is 15.0. The molecule has 2 amide bonds. The van der Waals surface area contributed by atoms with E-state index in [0.717, 1.165) is 32.6 Å². The Labute approximate surface area is 152 Å². The monoisotopic (exact) mass is 360 g/mol. The summed E-state index contributed by atoms with van der Waals surface area (Å²) < 4.78 is 17.7. The zero-order valence-electron chi connectivity index (χ0n) is 15.0. The highest BCUT2D eigenvalue weighted by atomic mass is 16.5. The smallest absolute Gasteiger partial charge is 0.323 e. The van der Waals surface area contributed by atoms with Crippen molar-refractivity contribution in [2.45, 2.75) is 19.4 Å². The summed E-state index contributed by atoms with van der Waals surface area (Å²) in [5, 5.41) is 9.87. The Morgan fingerprint density at radius 1 is 1.27 bits per heavy atom. The summed E-state index contributed by atoms with van der Waals surface area (Å²) in [5.74, 6) is 1.74. The van der Waals surface area contributed by atoms with E-state index in [0.29, 0.717) is 28.8 Å². The highest BCUT2D eigenvalue weighted by Gasteiger charge is 2.15. The molecule has 8 heteroatoms. The number of rotatable bonds is 6. The van der Waals surface area contributed by atoms with E-state index in [9.17, 15) is 4.79 Å². The van der Waals surface area contributed by atoms with Crippen molar-refractivity contribution in [2.75, 3.05) is 38.1 Å².